The van der Waals surface area contributed by atoms with Gasteiger partial charge in [-0.3, -0.25) is 4.79 Å². The van der Waals surface area contributed by atoms with Gasteiger partial charge in [0.05, 0.1) is 0 Å². The minimum atomic E-state index is -5.46. The van der Waals surface area contributed by atoms with Crippen LogP contribution in [0.15, 0.2) is 12.2 Å². The predicted octanol–water partition coefficient (Wildman–Crippen LogP) is 3.22. The second-order valence-corrected chi connectivity index (χ2v) is 9.33. The molecule has 0 N–H and O–H groups in total. The Morgan fingerprint density at radius 1 is 0.618 bits per heavy atom. The zero-order valence-electron chi connectivity index (χ0n) is 18.0. The monoisotopic (exact) mass is 502 g/mol. The number of halogens is 6. The number of rotatable bonds is 5. The molecule has 0 amide bonds. The van der Waals surface area contributed by atoms with Crippen LogP contribution in [0.5, 0.6) is 0 Å². The Kier molecular flexibility index (Phi) is 5.77. The highest BCUT2D eigenvalue weighted by molar-refractivity contribution is 5.87. The average molecular weight is 502 g/mol. The fraction of sp³-hybridized carbons (Fsp3) is 0.700. The third-order valence-electron chi connectivity index (χ3n) is 5.97. The molecule has 34 heavy (non-hydrogen) atoms. The van der Waals surface area contributed by atoms with E-state index in [9.17, 15) is 45.5 Å². The molecule has 2 atom stereocenters. The van der Waals surface area contributed by atoms with Gasteiger partial charge in [0, 0.05) is 51.0 Å². The lowest BCUT2D eigenvalue weighted by molar-refractivity contribution is -0.319. The molecule has 4 saturated carbocycles. The first-order chi connectivity index (χ1) is 15.2. The SMILES string of the molecule is C=C(C)C(=O)OC12CC3(OC(C)=O)CC(OC(=O)C(F)(F)F)(C1)CC(OC(=O)C(F)(F)F)(C3)C2. The van der Waals surface area contributed by atoms with E-state index in [1.165, 1.54) is 6.92 Å². The van der Waals surface area contributed by atoms with Crippen LogP contribution in [0.4, 0.5) is 26.3 Å². The van der Waals surface area contributed by atoms with E-state index in [2.05, 4.69) is 6.58 Å². The van der Waals surface area contributed by atoms with E-state index < -0.39 is 90.7 Å². The summed E-state index contributed by atoms with van der Waals surface area (Å²) in [6.45, 7) is 5.59. The lowest BCUT2D eigenvalue weighted by Gasteiger charge is -2.66. The van der Waals surface area contributed by atoms with Gasteiger partial charge in [0.2, 0.25) is 0 Å². The molecule has 190 valence electrons. The Hall–Kier alpha value is -2.80. The van der Waals surface area contributed by atoms with E-state index >= 15 is 0 Å². The molecule has 4 aliphatic rings. The van der Waals surface area contributed by atoms with Gasteiger partial charge in [0.15, 0.2) is 0 Å². The summed E-state index contributed by atoms with van der Waals surface area (Å²) in [4.78, 5) is 47.6. The van der Waals surface area contributed by atoms with Gasteiger partial charge in [-0.25, -0.2) is 14.4 Å². The molecule has 8 nitrogen and oxygen atoms in total. The van der Waals surface area contributed by atoms with Crippen LogP contribution in [0.3, 0.4) is 0 Å². The molecular weight excluding hydrogens is 482 g/mol. The molecule has 14 heteroatoms. The molecule has 0 aromatic carbocycles. The van der Waals surface area contributed by atoms with Crippen molar-refractivity contribution in [2.75, 3.05) is 0 Å². The zero-order chi connectivity index (χ0) is 26.0. The maximum atomic E-state index is 13.0. The molecule has 0 saturated heterocycles. The fourth-order valence-electron chi connectivity index (χ4n) is 5.80. The van der Waals surface area contributed by atoms with Crippen molar-refractivity contribution in [3.05, 3.63) is 12.2 Å². The largest absolute Gasteiger partial charge is 0.490 e. The van der Waals surface area contributed by atoms with E-state index in [0.29, 0.717) is 0 Å². The maximum absolute atomic E-state index is 13.0. The van der Waals surface area contributed by atoms with Crippen molar-refractivity contribution in [2.24, 2.45) is 0 Å². The molecule has 4 rings (SSSR count). The molecule has 0 radical (unpaired) electrons. The summed E-state index contributed by atoms with van der Waals surface area (Å²) >= 11 is 0. The van der Waals surface area contributed by atoms with E-state index in [-0.39, 0.29) is 12.0 Å². The summed E-state index contributed by atoms with van der Waals surface area (Å²) in [6, 6.07) is 0. The minimum absolute atomic E-state index is 0.139. The van der Waals surface area contributed by atoms with Crippen LogP contribution in [-0.2, 0) is 38.1 Å². The summed E-state index contributed by atoms with van der Waals surface area (Å²) in [6.07, 6.45) is -14.2. The molecule has 0 aromatic heterocycles. The highest BCUT2D eigenvalue weighted by atomic mass is 19.4. The summed E-state index contributed by atoms with van der Waals surface area (Å²) in [5.74, 6) is -7.27. The Morgan fingerprint density at radius 2 is 0.912 bits per heavy atom. The van der Waals surface area contributed by atoms with Crippen molar-refractivity contribution in [1.29, 1.82) is 0 Å². The first kappa shape index (κ1) is 25.8. The standard InChI is InChI=1S/C20H20F6O8/c1-10(2)12(28)32-16-4-15(31-11(3)27)5-17(7-16,33-13(29)19(21,22)23)9-18(6-15,8-16)34-14(30)20(24,25)26/h1,4-9H2,2-3H3. The third-order valence-corrected chi connectivity index (χ3v) is 5.97. The molecule has 0 spiro atoms. The normalized spacial score (nSPS) is 34.2. The van der Waals surface area contributed by atoms with Crippen LogP contribution in [-0.4, -0.2) is 58.6 Å². The minimum Gasteiger partial charge on any atom is -0.459 e. The Morgan fingerprint density at radius 3 is 1.18 bits per heavy atom. The predicted molar refractivity (Wildman–Crippen MR) is 95.6 cm³/mol. The number of ether oxygens (including phenoxy) is 4. The van der Waals surface area contributed by atoms with E-state index in [1.807, 2.05) is 0 Å². The van der Waals surface area contributed by atoms with Gasteiger partial charge in [0.25, 0.3) is 0 Å². The Labute approximate surface area is 188 Å². The van der Waals surface area contributed by atoms with Crippen molar-refractivity contribution in [3.8, 4) is 0 Å². The molecular formula is C20H20F6O8. The van der Waals surface area contributed by atoms with Gasteiger partial charge >= 0.3 is 36.2 Å². The van der Waals surface area contributed by atoms with Crippen LogP contribution in [0.1, 0.15) is 52.4 Å². The average Bonchev–Trinajstić information content (AvgIpc) is 2.56. The van der Waals surface area contributed by atoms with Crippen molar-refractivity contribution in [3.63, 3.8) is 0 Å². The molecule has 2 unspecified atom stereocenters. The number of hydrogen-bond donors (Lipinski definition) is 0. The summed E-state index contributed by atoms with van der Waals surface area (Å²) < 4.78 is 98.3. The van der Waals surface area contributed by atoms with Gasteiger partial charge in [0.1, 0.15) is 22.4 Å². The zero-order valence-corrected chi connectivity index (χ0v) is 18.0. The summed E-state index contributed by atoms with van der Waals surface area (Å²) in [5, 5.41) is 0. The number of hydrogen-bond acceptors (Lipinski definition) is 8. The second kappa shape index (κ2) is 7.60. The second-order valence-electron chi connectivity index (χ2n) is 9.33. The lowest BCUT2D eigenvalue weighted by atomic mass is 9.48. The first-order valence-corrected chi connectivity index (χ1v) is 9.93. The van der Waals surface area contributed by atoms with Crippen LogP contribution in [0.25, 0.3) is 0 Å². The van der Waals surface area contributed by atoms with Gasteiger partial charge in [-0.05, 0) is 6.92 Å². The van der Waals surface area contributed by atoms with Gasteiger partial charge in [-0.2, -0.15) is 26.3 Å². The highest BCUT2D eigenvalue weighted by Gasteiger charge is 2.75. The van der Waals surface area contributed by atoms with Crippen LogP contribution < -0.4 is 0 Å². The number of carbonyl (C=O) groups excluding carboxylic acids is 4. The maximum Gasteiger partial charge on any atom is 0.490 e. The number of esters is 4. The van der Waals surface area contributed by atoms with E-state index in [0.717, 1.165) is 6.92 Å². The fourth-order valence-corrected chi connectivity index (χ4v) is 5.80. The Bertz CT molecular complexity index is 908. The smallest absolute Gasteiger partial charge is 0.459 e. The highest BCUT2D eigenvalue weighted by Crippen LogP contribution is 2.66. The van der Waals surface area contributed by atoms with E-state index in [4.69, 9.17) is 18.9 Å². The molecule has 4 bridgehead atoms. The molecule has 4 aliphatic carbocycles. The number of alkyl halides is 6. The molecule has 0 aliphatic heterocycles. The quantitative estimate of drug-likeness (QED) is 0.244. The summed E-state index contributed by atoms with van der Waals surface area (Å²) in [5.41, 5.74) is -8.28. The van der Waals surface area contributed by atoms with Crippen LogP contribution in [0.2, 0.25) is 0 Å². The van der Waals surface area contributed by atoms with Crippen molar-refractivity contribution in [1.82, 2.24) is 0 Å². The first-order valence-electron chi connectivity index (χ1n) is 9.93. The van der Waals surface area contributed by atoms with E-state index in [1.54, 1.807) is 0 Å². The van der Waals surface area contributed by atoms with Crippen LogP contribution in [0, 0.1) is 0 Å². The summed E-state index contributed by atoms with van der Waals surface area (Å²) in [7, 11) is 0. The van der Waals surface area contributed by atoms with Crippen molar-refractivity contribution < 1.29 is 64.5 Å². The topological polar surface area (TPSA) is 105 Å². The van der Waals surface area contributed by atoms with Crippen molar-refractivity contribution >= 4 is 23.9 Å². The lowest BCUT2D eigenvalue weighted by Crippen LogP contribution is -2.75. The number of carbonyl (C=O) groups is 4. The Balaban J connectivity index is 2.13. The molecule has 4 fully saturated rings. The third kappa shape index (κ3) is 4.85. The van der Waals surface area contributed by atoms with Gasteiger partial charge in [-0.15, -0.1) is 0 Å². The van der Waals surface area contributed by atoms with Crippen molar-refractivity contribution in [2.45, 2.75) is 87.1 Å². The molecule has 0 aromatic rings. The van der Waals surface area contributed by atoms with Crippen LogP contribution >= 0.6 is 0 Å². The van der Waals surface area contributed by atoms with Gasteiger partial charge in [-0.1, -0.05) is 6.58 Å². The molecule has 0 heterocycles. The van der Waals surface area contributed by atoms with Gasteiger partial charge < -0.3 is 18.9 Å².